The molecule has 0 spiro atoms. The Morgan fingerprint density at radius 3 is 2.48 bits per heavy atom. The molecule has 31 heavy (non-hydrogen) atoms. The summed E-state index contributed by atoms with van der Waals surface area (Å²) >= 11 is 0. The molecule has 7 heteroatoms. The van der Waals surface area contributed by atoms with E-state index in [0.717, 1.165) is 6.54 Å². The minimum atomic E-state index is -0.737. The van der Waals surface area contributed by atoms with Gasteiger partial charge >= 0.3 is 0 Å². The van der Waals surface area contributed by atoms with E-state index < -0.39 is 17.7 Å². The molecule has 2 N–H and O–H groups in total. The highest BCUT2D eigenvalue weighted by Gasteiger charge is 2.45. The Hall–Kier alpha value is -3.32. The maximum atomic E-state index is 13.0. The number of nitrogens with zero attached hydrogens (tertiary/aromatic N) is 2. The lowest BCUT2D eigenvalue weighted by Gasteiger charge is -2.26. The van der Waals surface area contributed by atoms with E-state index in [4.69, 9.17) is 4.74 Å². The summed E-state index contributed by atoms with van der Waals surface area (Å²) in [6.07, 6.45) is 0.675. The fraction of sp³-hybridized carbons (Fsp3) is 0.333. The Labute approximate surface area is 182 Å². The van der Waals surface area contributed by atoms with Gasteiger partial charge in [0.15, 0.2) is 0 Å². The molecule has 1 aliphatic rings. The molecule has 0 aliphatic carbocycles. The number of likely N-dealkylation sites (tertiary alicyclic amines) is 1. The van der Waals surface area contributed by atoms with Gasteiger partial charge in [0.05, 0.1) is 18.2 Å². The van der Waals surface area contributed by atoms with Crippen LogP contribution < -0.4 is 4.74 Å². The number of benzene rings is 2. The van der Waals surface area contributed by atoms with Crippen LogP contribution in [0.2, 0.25) is 0 Å². The van der Waals surface area contributed by atoms with Crippen LogP contribution >= 0.6 is 0 Å². The maximum Gasteiger partial charge on any atom is 0.295 e. The van der Waals surface area contributed by atoms with Crippen molar-refractivity contribution in [3.05, 3.63) is 65.2 Å². The third kappa shape index (κ3) is 4.88. The third-order valence-electron chi connectivity index (χ3n) is 5.17. The molecule has 0 saturated carbocycles. The normalized spacial score (nSPS) is 18.1. The number of phenols is 1. The highest BCUT2D eigenvalue weighted by Crippen LogP contribution is 2.40. The van der Waals surface area contributed by atoms with E-state index in [0.29, 0.717) is 36.4 Å². The van der Waals surface area contributed by atoms with Crippen molar-refractivity contribution in [1.29, 1.82) is 0 Å². The van der Waals surface area contributed by atoms with Crippen molar-refractivity contribution in [3.63, 3.8) is 0 Å². The molecule has 1 saturated heterocycles. The van der Waals surface area contributed by atoms with Gasteiger partial charge in [-0.3, -0.25) is 9.59 Å². The first-order valence-electron chi connectivity index (χ1n) is 10.3. The van der Waals surface area contributed by atoms with Gasteiger partial charge in [-0.2, -0.15) is 0 Å². The molecule has 0 radical (unpaired) electrons. The summed E-state index contributed by atoms with van der Waals surface area (Å²) in [5.74, 6) is -0.958. The molecule has 1 heterocycles. The van der Waals surface area contributed by atoms with Gasteiger partial charge < -0.3 is 24.7 Å². The fourth-order valence-electron chi connectivity index (χ4n) is 3.73. The summed E-state index contributed by atoms with van der Waals surface area (Å²) < 4.78 is 5.50. The molecule has 1 fully saturated rings. The van der Waals surface area contributed by atoms with Crippen molar-refractivity contribution in [1.82, 2.24) is 9.80 Å². The van der Waals surface area contributed by atoms with E-state index in [1.807, 2.05) is 25.9 Å². The number of amides is 1. The number of aliphatic hydroxyl groups is 1. The summed E-state index contributed by atoms with van der Waals surface area (Å²) in [4.78, 5) is 29.4. The Kier molecular flexibility index (Phi) is 6.97. The lowest BCUT2D eigenvalue weighted by atomic mass is 9.95. The number of aliphatic hydroxyl groups excluding tert-OH is 1. The smallest absolute Gasteiger partial charge is 0.295 e. The molecule has 7 nitrogen and oxygen atoms in total. The van der Waals surface area contributed by atoms with Gasteiger partial charge in [-0.15, -0.1) is 0 Å². The zero-order valence-corrected chi connectivity index (χ0v) is 18.0. The lowest BCUT2D eigenvalue weighted by Crippen LogP contribution is -2.32. The van der Waals surface area contributed by atoms with Crippen LogP contribution in [0.15, 0.2) is 54.1 Å². The monoisotopic (exact) mass is 424 g/mol. The van der Waals surface area contributed by atoms with Crippen LogP contribution in [0.1, 0.15) is 30.5 Å². The lowest BCUT2D eigenvalue weighted by molar-refractivity contribution is -0.139. The molecule has 1 aliphatic heterocycles. The number of ether oxygens (including phenoxy) is 1. The second-order valence-electron chi connectivity index (χ2n) is 7.70. The molecule has 3 rings (SSSR count). The fourth-order valence-corrected chi connectivity index (χ4v) is 3.73. The number of Topliss-reactive ketones (excluding diaryl/α,β-unsaturated/α-hetero) is 1. The first-order chi connectivity index (χ1) is 14.8. The van der Waals surface area contributed by atoms with Crippen LogP contribution in [0.3, 0.4) is 0 Å². The summed E-state index contributed by atoms with van der Waals surface area (Å²) in [7, 11) is 3.88. The van der Waals surface area contributed by atoms with Gasteiger partial charge in [-0.05, 0) is 63.8 Å². The zero-order valence-electron chi connectivity index (χ0n) is 18.0. The summed E-state index contributed by atoms with van der Waals surface area (Å²) in [6, 6.07) is 12.4. The molecule has 2 aromatic carbocycles. The van der Waals surface area contributed by atoms with Crippen molar-refractivity contribution in [3.8, 4) is 11.5 Å². The minimum absolute atomic E-state index is 0.0363. The second kappa shape index (κ2) is 9.66. The highest BCUT2D eigenvalue weighted by molar-refractivity contribution is 6.46. The number of aromatic hydroxyl groups is 1. The number of hydrogen-bond acceptors (Lipinski definition) is 6. The van der Waals surface area contributed by atoms with Crippen LogP contribution in [0, 0.1) is 0 Å². The van der Waals surface area contributed by atoms with Crippen molar-refractivity contribution < 1.29 is 24.5 Å². The first-order valence-corrected chi connectivity index (χ1v) is 10.3. The Bertz CT molecular complexity index is 982. The quantitative estimate of drug-likeness (QED) is 0.384. The van der Waals surface area contributed by atoms with E-state index in [2.05, 4.69) is 0 Å². The number of ketones is 1. The van der Waals surface area contributed by atoms with E-state index in [1.54, 1.807) is 36.4 Å². The van der Waals surface area contributed by atoms with Crippen molar-refractivity contribution in [2.24, 2.45) is 0 Å². The van der Waals surface area contributed by atoms with Gasteiger partial charge in [-0.25, -0.2) is 0 Å². The molecule has 1 unspecified atom stereocenters. The minimum Gasteiger partial charge on any atom is -0.508 e. The van der Waals surface area contributed by atoms with E-state index in [1.165, 1.54) is 17.0 Å². The largest absolute Gasteiger partial charge is 0.508 e. The van der Waals surface area contributed by atoms with Crippen LogP contribution in [0.5, 0.6) is 11.5 Å². The Morgan fingerprint density at radius 1 is 1.13 bits per heavy atom. The van der Waals surface area contributed by atoms with Crippen molar-refractivity contribution >= 4 is 17.4 Å². The van der Waals surface area contributed by atoms with Crippen LogP contribution in [-0.4, -0.2) is 65.5 Å². The molecule has 1 amide bonds. The topological polar surface area (TPSA) is 90.3 Å². The van der Waals surface area contributed by atoms with Gasteiger partial charge in [0.1, 0.15) is 17.3 Å². The molecule has 2 aromatic rings. The molecule has 0 aromatic heterocycles. The number of rotatable bonds is 8. The molecule has 0 bridgehead atoms. The van der Waals surface area contributed by atoms with Crippen molar-refractivity contribution in [2.45, 2.75) is 19.4 Å². The standard InChI is InChI=1S/C24H28N2O5/c1-4-31-19-8-5-7-17(15-19)22(28)20-21(16-9-11-18(27)12-10-16)26(24(30)23(20)29)14-6-13-25(2)3/h5,7-12,15,21,27-28H,4,6,13-14H2,1-3H3/b22-20-. The average molecular weight is 424 g/mol. The van der Waals surface area contributed by atoms with E-state index in [9.17, 15) is 19.8 Å². The summed E-state index contributed by atoms with van der Waals surface area (Å²) in [5, 5.41) is 20.8. The maximum absolute atomic E-state index is 13.0. The molecular weight excluding hydrogens is 396 g/mol. The Balaban J connectivity index is 2.08. The average Bonchev–Trinajstić information content (AvgIpc) is 2.99. The number of phenolic OH excluding ortho intramolecular Hbond substituents is 1. The van der Waals surface area contributed by atoms with Crippen LogP contribution in [-0.2, 0) is 9.59 Å². The van der Waals surface area contributed by atoms with E-state index in [-0.39, 0.29) is 17.1 Å². The van der Waals surface area contributed by atoms with Gasteiger partial charge in [0.2, 0.25) is 0 Å². The number of hydrogen-bond donors (Lipinski definition) is 2. The zero-order chi connectivity index (χ0) is 22.5. The first kappa shape index (κ1) is 22.4. The van der Waals surface area contributed by atoms with Crippen LogP contribution in [0.4, 0.5) is 0 Å². The number of carbonyl (C=O) groups excluding carboxylic acids is 2. The third-order valence-corrected chi connectivity index (χ3v) is 5.17. The second-order valence-corrected chi connectivity index (χ2v) is 7.70. The van der Waals surface area contributed by atoms with Gasteiger partial charge in [0, 0.05) is 12.1 Å². The molecular formula is C24H28N2O5. The predicted molar refractivity (Wildman–Crippen MR) is 118 cm³/mol. The molecule has 164 valence electrons. The molecule has 1 atom stereocenters. The van der Waals surface area contributed by atoms with E-state index >= 15 is 0 Å². The highest BCUT2D eigenvalue weighted by atomic mass is 16.5. The van der Waals surface area contributed by atoms with Crippen molar-refractivity contribution in [2.75, 3.05) is 33.8 Å². The van der Waals surface area contributed by atoms with Crippen LogP contribution in [0.25, 0.3) is 5.76 Å². The predicted octanol–water partition coefficient (Wildman–Crippen LogP) is 3.16. The summed E-state index contributed by atoms with van der Waals surface area (Å²) in [6.45, 7) is 3.44. The van der Waals surface area contributed by atoms with Gasteiger partial charge in [-0.1, -0.05) is 24.3 Å². The SMILES string of the molecule is CCOc1cccc(/C(O)=C2/C(=O)C(=O)N(CCCN(C)C)C2c2ccc(O)cc2)c1. The Morgan fingerprint density at radius 2 is 1.84 bits per heavy atom. The number of carbonyl (C=O) groups is 2. The van der Waals surface area contributed by atoms with Gasteiger partial charge in [0.25, 0.3) is 11.7 Å². The summed E-state index contributed by atoms with van der Waals surface area (Å²) in [5.41, 5.74) is 1.08.